The molecule has 1 aromatic carbocycles. The van der Waals surface area contributed by atoms with E-state index in [2.05, 4.69) is 13.1 Å². The zero-order valence-corrected chi connectivity index (χ0v) is 10.1. The minimum Gasteiger partial charge on any atom is -0.416 e. The molecule has 0 radical (unpaired) electrons. The lowest BCUT2D eigenvalue weighted by Crippen LogP contribution is -2.43. The second-order valence-corrected chi connectivity index (χ2v) is 7.85. The van der Waals surface area contributed by atoms with Crippen LogP contribution in [0, 0.1) is 0 Å². The van der Waals surface area contributed by atoms with E-state index in [1.165, 1.54) is 5.19 Å². The van der Waals surface area contributed by atoms with Gasteiger partial charge in [0.15, 0.2) is 5.78 Å². The molecule has 0 aliphatic rings. The molecule has 1 aromatic rings. The Morgan fingerprint density at radius 3 is 2.07 bits per heavy atom. The van der Waals surface area contributed by atoms with Crippen molar-refractivity contribution in [2.45, 2.75) is 20.0 Å². The first-order valence-corrected chi connectivity index (χ1v) is 7.55. The molecule has 0 bridgehead atoms. The van der Waals surface area contributed by atoms with Gasteiger partial charge in [-0.05, 0) is 25.2 Å². The van der Waals surface area contributed by atoms with Gasteiger partial charge in [0.05, 0.1) is 0 Å². The van der Waals surface area contributed by atoms with E-state index in [4.69, 9.17) is 4.43 Å². The minimum absolute atomic E-state index is 0.105. The molecule has 0 unspecified atom stereocenters. The number of carbonyl (C=O) groups is 1. The molecule has 0 amide bonds. The van der Waals surface area contributed by atoms with Gasteiger partial charge in [-0.15, -0.1) is 0 Å². The van der Waals surface area contributed by atoms with E-state index < -0.39 is 8.32 Å². The number of rotatable bonds is 3. The molecule has 14 heavy (non-hydrogen) atoms. The van der Waals surface area contributed by atoms with Crippen LogP contribution < -0.4 is 5.19 Å². The Morgan fingerprint density at radius 1 is 1.21 bits per heavy atom. The summed E-state index contributed by atoms with van der Waals surface area (Å²) in [5, 5.41) is 1.21. The highest BCUT2D eigenvalue weighted by Crippen LogP contribution is 2.05. The lowest BCUT2D eigenvalue weighted by atomic mass is 10.2. The summed E-state index contributed by atoms with van der Waals surface area (Å²) in [5.74, 6) is 0.105. The molecule has 0 aliphatic carbocycles. The summed E-state index contributed by atoms with van der Waals surface area (Å²) < 4.78 is 5.48. The van der Waals surface area contributed by atoms with Crippen molar-refractivity contribution in [3.05, 3.63) is 29.8 Å². The normalized spacial score (nSPS) is 11.4. The van der Waals surface area contributed by atoms with Crippen LogP contribution in [0.4, 0.5) is 0 Å². The Morgan fingerprint density at radius 2 is 1.71 bits per heavy atom. The van der Waals surface area contributed by atoms with Crippen LogP contribution in [0.1, 0.15) is 17.3 Å². The SMILES string of the molecule is CO[Si](C)(C)c1ccc(C(C)=O)cc1. The monoisotopic (exact) mass is 208 g/mol. The first kappa shape index (κ1) is 11.1. The van der Waals surface area contributed by atoms with Gasteiger partial charge in [0.1, 0.15) is 0 Å². The number of carbonyl (C=O) groups excluding carboxylic acids is 1. The van der Waals surface area contributed by atoms with Gasteiger partial charge in [-0.3, -0.25) is 4.79 Å². The summed E-state index contributed by atoms with van der Waals surface area (Å²) in [5.41, 5.74) is 0.759. The van der Waals surface area contributed by atoms with E-state index in [0.29, 0.717) is 0 Å². The van der Waals surface area contributed by atoms with Crippen LogP contribution in [-0.2, 0) is 4.43 Å². The maximum atomic E-state index is 11.1. The Hall–Kier alpha value is -0.933. The fourth-order valence-electron chi connectivity index (χ4n) is 1.22. The summed E-state index contributed by atoms with van der Waals surface area (Å²) in [6, 6.07) is 7.72. The van der Waals surface area contributed by atoms with E-state index >= 15 is 0 Å². The molecule has 0 spiro atoms. The first-order valence-electron chi connectivity index (χ1n) is 4.64. The number of hydrogen-bond donors (Lipinski definition) is 0. The van der Waals surface area contributed by atoms with Gasteiger partial charge < -0.3 is 4.43 Å². The van der Waals surface area contributed by atoms with Crippen molar-refractivity contribution in [2.24, 2.45) is 0 Å². The summed E-state index contributed by atoms with van der Waals surface area (Å²) in [7, 11) is 0.0188. The molecule has 0 saturated heterocycles. The van der Waals surface area contributed by atoms with E-state index in [0.717, 1.165) is 5.56 Å². The Kier molecular flexibility index (Phi) is 3.24. The second-order valence-electron chi connectivity index (χ2n) is 3.85. The van der Waals surface area contributed by atoms with E-state index in [1.807, 2.05) is 24.3 Å². The van der Waals surface area contributed by atoms with Crippen molar-refractivity contribution in [1.82, 2.24) is 0 Å². The van der Waals surface area contributed by atoms with Crippen molar-refractivity contribution < 1.29 is 9.22 Å². The molecule has 76 valence electrons. The molecule has 0 fully saturated rings. The maximum Gasteiger partial charge on any atom is 0.217 e. The fourth-order valence-corrected chi connectivity index (χ4v) is 2.43. The zero-order chi connectivity index (χ0) is 10.8. The van der Waals surface area contributed by atoms with Gasteiger partial charge in [-0.25, -0.2) is 0 Å². The lowest BCUT2D eigenvalue weighted by Gasteiger charge is -2.20. The molecule has 0 heterocycles. The predicted octanol–water partition coefficient (Wildman–Crippen LogP) is 1.95. The molecule has 0 aromatic heterocycles. The Bertz CT molecular complexity index is 328. The lowest BCUT2D eigenvalue weighted by molar-refractivity contribution is 0.101. The number of hydrogen-bond acceptors (Lipinski definition) is 2. The first-order chi connectivity index (χ1) is 6.47. The summed E-state index contributed by atoms with van der Waals surface area (Å²) in [4.78, 5) is 11.1. The standard InChI is InChI=1S/C11H16O2Si/c1-9(12)10-5-7-11(8-6-10)14(3,4)13-2/h5-8H,1-4H3. The summed E-state index contributed by atoms with van der Waals surface area (Å²) in [6.07, 6.45) is 0. The molecule has 0 saturated carbocycles. The van der Waals surface area contributed by atoms with Gasteiger partial charge in [-0.2, -0.15) is 0 Å². The van der Waals surface area contributed by atoms with Crippen molar-refractivity contribution in [2.75, 3.05) is 7.11 Å². The predicted molar refractivity (Wildman–Crippen MR) is 60.6 cm³/mol. The number of benzene rings is 1. The van der Waals surface area contributed by atoms with E-state index in [1.54, 1.807) is 14.0 Å². The highest BCUT2D eigenvalue weighted by atomic mass is 28.4. The van der Waals surface area contributed by atoms with Crippen molar-refractivity contribution in [3.63, 3.8) is 0 Å². The second kappa shape index (κ2) is 4.07. The van der Waals surface area contributed by atoms with Crippen LogP contribution in [0.3, 0.4) is 0 Å². The molecule has 2 nitrogen and oxygen atoms in total. The molecular weight excluding hydrogens is 192 g/mol. The molecule has 3 heteroatoms. The van der Waals surface area contributed by atoms with Gasteiger partial charge in [-0.1, -0.05) is 24.3 Å². The molecule has 0 atom stereocenters. The summed E-state index contributed by atoms with van der Waals surface area (Å²) in [6.45, 7) is 5.85. The van der Waals surface area contributed by atoms with Crippen LogP contribution in [0.25, 0.3) is 0 Å². The van der Waals surface area contributed by atoms with Gasteiger partial charge in [0.2, 0.25) is 8.32 Å². The fraction of sp³-hybridized carbons (Fsp3) is 0.364. The third-order valence-electron chi connectivity index (χ3n) is 2.50. The van der Waals surface area contributed by atoms with Crippen molar-refractivity contribution in [3.8, 4) is 0 Å². The van der Waals surface area contributed by atoms with Gasteiger partial charge in [0, 0.05) is 12.7 Å². The average Bonchev–Trinajstić information content (AvgIpc) is 2.18. The van der Waals surface area contributed by atoms with Crippen LogP contribution >= 0.6 is 0 Å². The van der Waals surface area contributed by atoms with E-state index in [-0.39, 0.29) is 5.78 Å². The molecule has 0 N–H and O–H groups in total. The molecule has 1 rings (SSSR count). The van der Waals surface area contributed by atoms with Crippen LogP contribution in [-0.4, -0.2) is 21.2 Å². The third-order valence-corrected chi connectivity index (χ3v) is 5.24. The quantitative estimate of drug-likeness (QED) is 0.560. The maximum absolute atomic E-state index is 11.1. The minimum atomic E-state index is -1.72. The summed E-state index contributed by atoms with van der Waals surface area (Å²) >= 11 is 0. The zero-order valence-electron chi connectivity index (χ0n) is 9.13. The average molecular weight is 208 g/mol. The van der Waals surface area contributed by atoms with Gasteiger partial charge in [0.25, 0.3) is 0 Å². The topological polar surface area (TPSA) is 26.3 Å². The Labute approximate surface area is 86.0 Å². The van der Waals surface area contributed by atoms with E-state index in [9.17, 15) is 4.79 Å². The van der Waals surface area contributed by atoms with Gasteiger partial charge >= 0.3 is 0 Å². The molecular formula is C11H16O2Si. The number of Topliss-reactive ketones (excluding diaryl/α,β-unsaturated/α-hetero) is 1. The highest BCUT2D eigenvalue weighted by Gasteiger charge is 2.23. The molecule has 0 aliphatic heterocycles. The number of ketones is 1. The van der Waals surface area contributed by atoms with Crippen LogP contribution in [0.15, 0.2) is 24.3 Å². The van der Waals surface area contributed by atoms with Crippen molar-refractivity contribution in [1.29, 1.82) is 0 Å². The van der Waals surface area contributed by atoms with Crippen LogP contribution in [0.2, 0.25) is 13.1 Å². The third kappa shape index (κ3) is 2.30. The van der Waals surface area contributed by atoms with Crippen LogP contribution in [0.5, 0.6) is 0 Å². The highest BCUT2D eigenvalue weighted by molar-refractivity contribution is 6.84. The largest absolute Gasteiger partial charge is 0.416 e. The van der Waals surface area contributed by atoms with Crippen molar-refractivity contribution >= 4 is 19.3 Å². The smallest absolute Gasteiger partial charge is 0.217 e. The Balaban J connectivity index is 2.99.